The average molecular weight is 233 g/mol. The Morgan fingerprint density at radius 2 is 1.88 bits per heavy atom. The highest BCUT2D eigenvalue weighted by atomic mass is 16.5. The van der Waals surface area contributed by atoms with Crippen molar-refractivity contribution < 1.29 is 9.84 Å². The van der Waals surface area contributed by atoms with Crippen LogP contribution in [-0.4, -0.2) is 42.9 Å². The molecule has 0 unspecified atom stereocenters. The predicted molar refractivity (Wildman–Crippen MR) is 66.3 cm³/mol. The lowest BCUT2D eigenvalue weighted by Gasteiger charge is -2.31. The number of nitrogens with zero attached hydrogens (tertiary/aromatic N) is 1. The zero-order chi connectivity index (χ0) is 11.7. The minimum atomic E-state index is 0.211. The van der Waals surface area contributed by atoms with Gasteiger partial charge in [0.25, 0.3) is 0 Å². The molecule has 1 aliphatic heterocycles. The molecule has 2 aliphatic rings. The van der Waals surface area contributed by atoms with Gasteiger partial charge < -0.3 is 9.84 Å². The van der Waals surface area contributed by atoms with E-state index in [1.165, 1.54) is 12.8 Å². The molecule has 3 nitrogen and oxygen atoms in total. The molecule has 1 heterocycles. The van der Waals surface area contributed by atoms with Crippen LogP contribution in [0.4, 0.5) is 0 Å². The molecule has 2 fully saturated rings. The van der Waals surface area contributed by atoms with Gasteiger partial charge in [-0.3, -0.25) is 4.90 Å². The lowest BCUT2D eigenvalue weighted by molar-refractivity contribution is 0.0335. The van der Waals surface area contributed by atoms with Crippen molar-refractivity contribution in [2.24, 2.45) is 0 Å². The van der Waals surface area contributed by atoms with Gasteiger partial charge >= 0.3 is 0 Å². The van der Waals surface area contributed by atoms with Crippen molar-refractivity contribution in [1.82, 2.24) is 4.90 Å². The molecule has 0 amide bonds. The zero-order valence-electron chi connectivity index (χ0n) is 10.1. The molecule has 0 aromatic heterocycles. The fraction of sp³-hybridized carbons (Fsp3) is 0.571. The van der Waals surface area contributed by atoms with Crippen LogP contribution in [0.5, 0.6) is 5.75 Å². The molecule has 3 heteroatoms. The molecule has 92 valence electrons. The summed E-state index contributed by atoms with van der Waals surface area (Å²) < 4.78 is 5.37. The molecule has 1 aromatic carbocycles. The van der Waals surface area contributed by atoms with Gasteiger partial charge in [-0.2, -0.15) is 0 Å². The molecule has 1 saturated heterocycles. The van der Waals surface area contributed by atoms with Crippen molar-refractivity contribution in [3.05, 3.63) is 29.8 Å². The van der Waals surface area contributed by atoms with Crippen LogP contribution in [0.3, 0.4) is 0 Å². The van der Waals surface area contributed by atoms with Crippen LogP contribution in [0.25, 0.3) is 0 Å². The van der Waals surface area contributed by atoms with E-state index in [0.29, 0.717) is 5.75 Å². The molecule has 0 radical (unpaired) electrons. The number of hydrogen-bond acceptors (Lipinski definition) is 3. The number of aromatic hydroxyl groups is 1. The quantitative estimate of drug-likeness (QED) is 0.863. The summed E-state index contributed by atoms with van der Waals surface area (Å²) >= 11 is 0. The average Bonchev–Trinajstić information content (AvgIpc) is 3.12. The monoisotopic (exact) mass is 233 g/mol. The molecule has 0 atom stereocenters. The summed E-state index contributed by atoms with van der Waals surface area (Å²) in [5, 5.41) is 9.97. The normalized spacial score (nSPS) is 23.5. The van der Waals surface area contributed by atoms with Crippen LogP contribution in [0, 0.1) is 0 Å². The third kappa shape index (κ3) is 2.17. The Labute approximate surface area is 102 Å². The van der Waals surface area contributed by atoms with Crippen LogP contribution < -0.4 is 0 Å². The maximum absolute atomic E-state index is 9.97. The Bertz CT molecular complexity index is 395. The molecule has 17 heavy (non-hydrogen) atoms. The highest BCUT2D eigenvalue weighted by Gasteiger charge is 2.46. The van der Waals surface area contributed by atoms with Crippen molar-refractivity contribution in [2.75, 3.05) is 32.8 Å². The number of ether oxygens (including phenoxy) is 1. The van der Waals surface area contributed by atoms with Crippen molar-refractivity contribution in [3.63, 3.8) is 0 Å². The Morgan fingerprint density at radius 1 is 1.18 bits per heavy atom. The van der Waals surface area contributed by atoms with Crippen molar-refractivity contribution in [2.45, 2.75) is 18.3 Å². The first-order valence-corrected chi connectivity index (χ1v) is 6.39. The topological polar surface area (TPSA) is 32.7 Å². The summed E-state index contributed by atoms with van der Waals surface area (Å²) in [6.45, 7) is 4.80. The van der Waals surface area contributed by atoms with E-state index in [1.54, 1.807) is 6.07 Å². The first-order chi connectivity index (χ1) is 8.30. The Balaban J connectivity index is 1.75. The largest absolute Gasteiger partial charge is 0.508 e. The number of hydrogen-bond donors (Lipinski definition) is 1. The second-order valence-corrected chi connectivity index (χ2v) is 5.19. The van der Waals surface area contributed by atoms with Gasteiger partial charge in [0.15, 0.2) is 0 Å². The number of para-hydroxylation sites is 1. The highest BCUT2D eigenvalue weighted by molar-refractivity contribution is 5.42. The Kier molecular flexibility index (Phi) is 2.81. The minimum absolute atomic E-state index is 0.211. The second kappa shape index (κ2) is 4.31. The Hall–Kier alpha value is -1.06. The predicted octanol–water partition coefficient (Wildman–Crippen LogP) is 1.76. The molecule has 1 aromatic rings. The van der Waals surface area contributed by atoms with Gasteiger partial charge in [-0.15, -0.1) is 0 Å². The van der Waals surface area contributed by atoms with Crippen LogP contribution in [0.2, 0.25) is 0 Å². The van der Waals surface area contributed by atoms with Gasteiger partial charge in [0.05, 0.1) is 13.2 Å². The molecule has 1 N–H and O–H groups in total. The third-order valence-corrected chi connectivity index (χ3v) is 3.96. The van der Waals surface area contributed by atoms with Gasteiger partial charge in [-0.1, -0.05) is 18.2 Å². The summed E-state index contributed by atoms with van der Waals surface area (Å²) in [6.07, 6.45) is 2.39. The highest BCUT2D eigenvalue weighted by Crippen LogP contribution is 2.51. The molecule has 0 spiro atoms. The molecular weight excluding hydrogens is 214 g/mol. The SMILES string of the molecule is Oc1ccccc1C1(CN2CCOCC2)CC1. The van der Waals surface area contributed by atoms with E-state index in [1.807, 2.05) is 12.1 Å². The lowest BCUT2D eigenvalue weighted by atomic mass is 9.94. The van der Waals surface area contributed by atoms with Crippen LogP contribution in [0.1, 0.15) is 18.4 Å². The number of morpholine rings is 1. The third-order valence-electron chi connectivity index (χ3n) is 3.96. The fourth-order valence-electron chi connectivity index (χ4n) is 2.77. The van der Waals surface area contributed by atoms with Crippen LogP contribution >= 0.6 is 0 Å². The second-order valence-electron chi connectivity index (χ2n) is 5.19. The van der Waals surface area contributed by atoms with Gasteiger partial charge in [0, 0.05) is 30.6 Å². The van der Waals surface area contributed by atoms with Gasteiger partial charge in [-0.25, -0.2) is 0 Å². The Morgan fingerprint density at radius 3 is 2.53 bits per heavy atom. The molecular formula is C14H19NO2. The van der Waals surface area contributed by atoms with Crippen LogP contribution in [-0.2, 0) is 10.2 Å². The van der Waals surface area contributed by atoms with Crippen molar-refractivity contribution >= 4 is 0 Å². The smallest absolute Gasteiger partial charge is 0.119 e. The minimum Gasteiger partial charge on any atom is -0.508 e. The summed E-state index contributed by atoms with van der Waals surface area (Å²) in [4.78, 5) is 2.46. The maximum Gasteiger partial charge on any atom is 0.119 e. The fourth-order valence-corrected chi connectivity index (χ4v) is 2.77. The first-order valence-electron chi connectivity index (χ1n) is 6.39. The number of rotatable bonds is 3. The number of phenolic OH excluding ortho intramolecular Hbond substituents is 1. The van der Waals surface area contributed by atoms with Crippen LogP contribution in [0.15, 0.2) is 24.3 Å². The number of benzene rings is 1. The summed E-state index contributed by atoms with van der Waals surface area (Å²) in [7, 11) is 0. The van der Waals surface area contributed by atoms with E-state index in [4.69, 9.17) is 4.74 Å². The van der Waals surface area contributed by atoms with Crippen molar-refractivity contribution in [1.29, 1.82) is 0 Å². The van der Waals surface area contributed by atoms with Gasteiger partial charge in [-0.05, 0) is 18.9 Å². The van der Waals surface area contributed by atoms with E-state index >= 15 is 0 Å². The van der Waals surface area contributed by atoms with E-state index in [0.717, 1.165) is 38.4 Å². The molecule has 1 saturated carbocycles. The summed E-state index contributed by atoms with van der Waals surface area (Å²) in [5.74, 6) is 0.457. The van der Waals surface area contributed by atoms with E-state index < -0.39 is 0 Å². The summed E-state index contributed by atoms with van der Waals surface area (Å²) in [6, 6.07) is 7.79. The van der Waals surface area contributed by atoms with Gasteiger partial charge in [0.1, 0.15) is 5.75 Å². The molecule has 1 aliphatic carbocycles. The summed E-state index contributed by atoms with van der Waals surface area (Å²) in [5.41, 5.74) is 1.34. The van der Waals surface area contributed by atoms with Gasteiger partial charge in [0.2, 0.25) is 0 Å². The lowest BCUT2D eigenvalue weighted by Crippen LogP contribution is -2.41. The standard InChI is InChI=1S/C14H19NO2/c16-13-4-2-1-3-12(13)14(5-6-14)11-15-7-9-17-10-8-15/h1-4,16H,5-11H2. The zero-order valence-corrected chi connectivity index (χ0v) is 10.1. The molecule has 0 bridgehead atoms. The van der Waals surface area contributed by atoms with E-state index in [-0.39, 0.29) is 5.41 Å². The number of phenols is 1. The van der Waals surface area contributed by atoms with E-state index in [2.05, 4.69) is 11.0 Å². The maximum atomic E-state index is 9.97. The van der Waals surface area contributed by atoms with E-state index in [9.17, 15) is 5.11 Å². The van der Waals surface area contributed by atoms with Crippen molar-refractivity contribution in [3.8, 4) is 5.75 Å². The molecule has 3 rings (SSSR count). The first kappa shape index (κ1) is 11.1.